The van der Waals surface area contributed by atoms with Crippen LogP contribution in [0.4, 0.5) is 5.69 Å². The van der Waals surface area contributed by atoms with Gasteiger partial charge in [0.05, 0.1) is 10.6 Å². The van der Waals surface area contributed by atoms with Crippen LogP contribution in [0.15, 0.2) is 82.2 Å². The summed E-state index contributed by atoms with van der Waals surface area (Å²) in [6, 6.07) is 20.4. The van der Waals surface area contributed by atoms with Crippen molar-refractivity contribution in [2.75, 3.05) is 17.4 Å². The third kappa shape index (κ3) is 7.70. The number of likely N-dealkylation sites (N-methyl/N-ethyl adjacent to an activating group) is 1. The predicted molar refractivity (Wildman–Crippen MR) is 159 cm³/mol. The number of benzene rings is 3. The van der Waals surface area contributed by atoms with Crippen molar-refractivity contribution >= 4 is 43.5 Å². The van der Waals surface area contributed by atoms with Gasteiger partial charge in [-0.15, -0.1) is 0 Å². The molecule has 0 aliphatic rings. The van der Waals surface area contributed by atoms with Crippen molar-refractivity contribution in [3.8, 4) is 0 Å². The third-order valence-electron chi connectivity index (χ3n) is 6.52. The van der Waals surface area contributed by atoms with Crippen molar-refractivity contribution < 1.29 is 18.0 Å². The fourth-order valence-electron chi connectivity index (χ4n) is 4.08. The number of sulfonamides is 1. The number of carbonyl (C=O) groups excluding carboxylic acids is 2. The zero-order valence-electron chi connectivity index (χ0n) is 23.0. The van der Waals surface area contributed by atoms with E-state index in [0.717, 1.165) is 25.5 Å². The van der Waals surface area contributed by atoms with E-state index in [0.29, 0.717) is 12.2 Å². The molecule has 3 aromatic rings. The molecule has 0 spiro atoms. The van der Waals surface area contributed by atoms with Crippen LogP contribution in [0.25, 0.3) is 0 Å². The van der Waals surface area contributed by atoms with Crippen LogP contribution in [0.3, 0.4) is 0 Å². The summed E-state index contributed by atoms with van der Waals surface area (Å²) in [6.45, 7) is 9.56. The molecule has 0 aliphatic heterocycles. The maximum atomic E-state index is 13.9. The van der Waals surface area contributed by atoms with Crippen LogP contribution >= 0.6 is 15.9 Å². The summed E-state index contributed by atoms with van der Waals surface area (Å²) in [5.41, 5.74) is 3.17. The minimum atomic E-state index is -4.09. The SMILES string of the molecule is CCNC(=O)[C@@H](C)N(Cc1ccc(Br)cc1)C(=O)CN(c1ccc(C(C)C)cc1)S(=O)(=O)c1ccc(C)cc1. The number of carbonyl (C=O) groups is 2. The van der Waals surface area contributed by atoms with Gasteiger partial charge in [-0.3, -0.25) is 13.9 Å². The number of nitrogens with one attached hydrogen (secondary N) is 1. The van der Waals surface area contributed by atoms with Gasteiger partial charge in [0.1, 0.15) is 12.6 Å². The van der Waals surface area contributed by atoms with Gasteiger partial charge >= 0.3 is 0 Å². The molecule has 0 radical (unpaired) electrons. The van der Waals surface area contributed by atoms with Gasteiger partial charge < -0.3 is 10.2 Å². The highest BCUT2D eigenvalue weighted by molar-refractivity contribution is 9.10. The molecule has 208 valence electrons. The van der Waals surface area contributed by atoms with Crippen LogP contribution in [-0.4, -0.2) is 44.3 Å². The summed E-state index contributed by atoms with van der Waals surface area (Å²) < 4.78 is 29.8. The summed E-state index contributed by atoms with van der Waals surface area (Å²) in [6.07, 6.45) is 0. The maximum absolute atomic E-state index is 13.9. The van der Waals surface area contributed by atoms with Crippen molar-refractivity contribution in [2.45, 2.75) is 58.0 Å². The summed E-state index contributed by atoms with van der Waals surface area (Å²) in [4.78, 5) is 28.2. The number of halogens is 1. The Morgan fingerprint density at radius 1 is 0.897 bits per heavy atom. The van der Waals surface area contributed by atoms with Crippen LogP contribution in [0, 0.1) is 6.92 Å². The molecular formula is C30H36BrN3O4S. The smallest absolute Gasteiger partial charge is 0.264 e. The van der Waals surface area contributed by atoms with Crippen LogP contribution in [0.1, 0.15) is 50.3 Å². The van der Waals surface area contributed by atoms with Gasteiger partial charge in [-0.05, 0) is 74.2 Å². The number of anilines is 1. The predicted octanol–water partition coefficient (Wildman–Crippen LogP) is 5.63. The Hall–Kier alpha value is -3.17. The molecule has 0 aromatic heterocycles. The van der Waals surface area contributed by atoms with Gasteiger partial charge in [-0.2, -0.15) is 0 Å². The van der Waals surface area contributed by atoms with Gasteiger partial charge in [0.15, 0.2) is 0 Å². The first-order valence-corrected chi connectivity index (χ1v) is 15.2. The number of hydrogen-bond donors (Lipinski definition) is 1. The second-order valence-corrected chi connectivity index (χ2v) is 12.6. The summed E-state index contributed by atoms with van der Waals surface area (Å²) in [5.74, 6) is -0.528. The average molecular weight is 615 g/mol. The summed E-state index contributed by atoms with van der Waals surface area (Å²) in [7, 11) is -4.09. The van der Waals surface area contributed by atoms with E-state index < -0.39 is 28.5 Å². The van der Waals surface area contributed by atoms with Gasteiger partial charge in [-0.1, -0.05) is 71.7 Å². The molecule has 3 rings (SSSR count). The lowest BCUT2D eigenvalue weighted by molar-refractivity contribution is -0.139. The zero-order chi connectivity index (χ0) is 28.7. The molecule has 0 heterocycles. The number of nitrogens with zero attached hydrogens (tertiary/aromatic N) is 2. The van der Waals surface area contributed by atoms with E-state index >= 15 is 0 Å². The fourth-order valence-corrected chi connectivity index (χ4v) is 5.76. The maximum Gasteiger partial charge on any atom is 0.264 e. The largest absolute Gasteiger partial charge is 0.355 e. The normalized spacial score (nSPS) is 12.2. The molecule has 2 amide bonds. The molecule has 1 atom stereocenters. The van der Waals surface area contributed by atoms with Gasteiger partial charge in [0.25, 0.3) is 10.0 Å². The van der Waals surface area contributed by atoms with E-state index in [-0.39, 0.29) is 23.3 Å². The first-order chi connectivity index (χ1) is 18.4. The lowest BCUT2D eigenvalue weighted by Crippen LogP contribution is -2.51. The second-order valence-electron chi connectivity index (χ2n) is 9.79. The fraction of sp³-hybridized carbons (Fsp3) is 0.333. The van der Waals surface area contributed by atoms with Gasteiger partial charge in [0.2, 0.25) is 11.8 Å². The van der Waals surface area contributed by atoms with Crippen LogP contribution in [0.5, 0.6) is 0 Å². The quantitative estimate of drug-likeness (QED) is 0.304. The van der Waals surface area contributed by atoms with E-state index in [1.807, 2.05) is 50.2 Å². The number of rotatable bonds is 11. The Morgan fingerprint density at radius 2 is 1.49 bits per heavy atom. The Kier molecular flexibility index (Phi) is 10.3. The summed E-state index contributed by atoms with van der Waals surface area (Å²) in [5, 5.41) is 2.77. The Bertz CT molecular complexity index is 1370. The highest BCUT2D eigenvalue weighted by Gasteiger charge is 2.32. The van der Waals surface area contributed by atoms with E-state index in [1.165, 1.54) is 4.90 Å². The molecule has 0 unspecified atom stereocenters. The summed E-state index contributed by atoms with van der Waals surface area (Å²) >= 11 is 3.42. The lowest BCUT2D eigenvalue weighted by Gasteiger charge is -2.32. The molecule has 3 aromatic carbocycles. The molecule has 0 saturated heterocycles. The molecule has 0 saturated carbocycles. The first-order valence-electron chi connectivity index (χ1n) is 12.9. The van der Waals surface area contributed by atoms with Gasteiger partial charge in [-0.25, -0.2) is 8.42 Å². The van der Waals surface area contributed by atoms with E-state index in [1.54, 1.807) is 43.3 Å². The van der Waals surface area contributed by atoms with Crippen molar-refractivity contribution in [2.24, 2.45) is 0 Å². The molecule has 1 N–H and O–H groups in total. The molecule has 0 aliphatic carbocycles. The number of aryl methyl sites for hydroxylation is 1. The molecule has 0 fully saturated rings. The minimum absolute atomic E-state index is 0.0880. The van der Waals surface area contributed by atoms with Crippen LogP contribution in [0.2, 0.25) is 0 Å². The first kappa shape index (κ1) is 30.4. The molecular weight excluding hydrogens is 578 g/mol. The Balaban J connectivity index is 2.03. The van der Waals surface area contributed by atoms with E-state index in [4.69, 9.17) is 0 Å². The van der Waals surface area contributed by atoms with Crippen molar-refractivity contribution in [3.05, 3.63) is 94.0 Å². The number of hydrogen-bond acceptors (Lipinski definition) is 4. The van der Waals surface area contributed by atoms with E-state index in [9.17, 15) is 18.0 Å². The van der Waals surface area contributed by atoms with Gasteiger partial charge in [0, 0.05) is 17.6 Å². The molecule has 0 bridgehead atoms. The molecule has 7 nitrogen and oxygen atoms in total. The van der Waals surface area contributed by atoms with E-state index in [2.05, 4.69) is 35.1 Å². The van der Waals surface area contributed by atoms with Crippen LogP contribution < -0.4 is 9.62 Å². The zero-order valence-corrected chi connectivity index (χ0v) is 25.4. The second kappa shape index (κ2) is 13.3. The average Bonchev–Trinajstić information content (AvgIpc) is 2.91. The highest BCUT2D eigenvalue weighted by Crippen LogP contribution is 2.27. The molecule has 39 heavy (non-hydrogen) atoms. The highest BCUT2D eigenvalue weighted by atomic mass is 79.9. The minimum Gasteiger partial charge on any atom is -0.355 e. The van der Waals surface area contributed by atoms with Crippen molar-refractivity contribution in [1.82, 2.24) is 10.2 Å². The standard InChI is InChI=1S/C30H36BrN3O4S/c1-6-32-30(36)23(5)33(19-24-9-13-26(31)14-10-24)29(35)20-34(27-15-11-25(12-16-27)21(2)3)39(37,38)28-17-7-22(4)8-18-28/h7-18,21,23H,6,19-20H2,1-5H3,(H,32,36)/t23-/m1/s1. The lowest BCUT2D eigenvalue weighted by atomic mass is 10.0. The topological polar surface area (TPSA) is 86.8 Å². The monoisotopic (exact) mass is 613 g/mol. The van der Waals surface area contributed by atoms with Crippen molar-refractivity contribution in [1.29, 1.82) is 0 Å². The van der Waals surface area contributed by atoms with Crippen molar-refractivity contribution in [3.63, 3.8) is 0 Å². The van der Waals surface area contributed by atoms with Crippen LogP contribution in [-0.2, 0) is 26.2 Å². The Morgan fingerprint density at radius 3 is 2.03 bits per heavy atom. The number of amides is 2. The third-order valence-corrected chi connectivity index (χ3v) is 8.84. The molecule has 9 heteroatoms. The Labute approximate surface area is 240 Å².